The minimum absolute atomic E-state index is 0.00950. The fraction of sp³-hybridized carbons (Fsp3) is 0.375. The van der Waals surface area contributed by atoms with E-state index in [9.17, 15) is 4.79 Å². The Hall–Kier alpha value is -0.200. The van der Waals surface area contributed by atoms with Crippen molar-refractivity contribution in [3.8, 4) is 0 Å². The maximum absolute atomic E-state index is 11.5. The minimum Gasteiger partial charge on any atom is -0.279 e. The number of hydrogen-bond acceptors (Lipinski definition) is 3. The van der Waals surface area contributed by atoms with Gasteiger partial charge < -0.3 is 0 Å². The number of anilines is 1. The molecule has 1 aromatic rings. The van der Waals surface area contributed by atoms with Crippen molar-refractivity contribution in [3.05, 3.63) is 15.8 Å². The quantitative estimate of drug-likeness (QED) is 0.574. The van der Waals surface area contributed by atoms with Gasteiger partial charge in [0.1, 0.15) is 5.15 Å². The van der Waals surface area contributed by atoms with E-state index in [2.05, 4.69) is 41.8 Å². The number of amides is 1. The van der Waals surface area contributed by atoms with Crippen LogP contribution in [0, 0.1) is 0 Å². The van der Waals surface area contributed by atoms with E-state index in [0.717, 1.165) is 0 Å². The molecule has 0 spiro atoms. The largest absolute Gasteiger partial charge is 0.279 e. The number of rotatable bonds is 1. The van der Waals surface area contributed by atoms with Gasteiger partial charge in [-0.1, -0.05) is 27.5 Å². The first-order valence-corrected chi connectivity index (χ1v) is 6.29. The number of alkyl halides is 1. The van der Waals surface area contributed by atoms with Crippen LogP contribution < -0.4 is 4.90 Å². The predicted octanol–water partition coefficient (Wildman–Crippen LogP) is 2.39. The summed E-state index contributed by atoms with van der Waals surface area (Å²) >= 11 is 12.4. The summed E-state index contributed by atoms with van der Waals surface area (Å²) in [5.41, 5.74) is 0. The molecule has 2 rings (SSSR count). The van der Waals surface area contributed by atoms with E-state index < -0.39 is 0 Å². The zero-order valence-electron chi connectivity index (χ0n) is 7.45. The second-order valence-electron chi connectivity index (χ2n) is 3.11. The average Bonchev–Trinajstić information content (AvgIpc) is 2.50. The second-order valence-corrected chi connectivity index (χ2v) is 5.62. The lowest BCUT2D eigenvalue weighted by Gasteiger charge is -2.13. The van der Waals surface area contributed by atoms with E-state index in [1.54, 1.807) is 6.20 Å². The van der Waals surface area contributed by atoms with Crippen LogP contribution in [0.3, 0.4) is 0 Å². The summed E-state index contributed by atoms with van der Waals surface area (Å²) in [7, 11) is 0. The topological polar surface area (TPSA) is 46.1 Å². The van der Waals surface area contributed by atoms with Gasteiger partial charge in [-0.05, 0) is 15.9 Å². The first-order valence-electron chi connectivity index (χ1n) is 4.20. The summed E-state index contributed by atoms with van der Waals surface area (Å²) in [5, 5.41) is 0.311. The van der Waals surface area contributed by atoms with Gasteiger partial charge in [0.2, 0.25) is 11.9 Å². The number of nitrogens with zero attached hydrogens (tertiary/aromatic N) is 3. The number of hydrogen-bond donors (Lipinski definition) is 0. The van der Waals surface area contributed by atoms with Crippen molar-refractivity contribution in [1.29, 1.82) is 0 Å². The predicted molar refractivity (Wildman–Crippen MR) is 64.4 cm³/mol. The maximum Gasteiger partial charge on any atom is 0.233 e. The molecule has 0 radical (unpaired) electrons. The average molecular weight is 355 g/mol. The molecule has 0 aromatic carbocycles. The number of carbonyl (C=O) groups is 1. The molecule has 1 amide bonds. The molecular formula is C8H6Br2ClN3O. The lowest BCUT2D eigenvalue weighted by Crippen LogP contribution is -2.26. The lowest BCUT2D eigenvalue weighted by molar-refractivity contribution is -0.117. The lowest BCUT2D eigenvalue weighted by atomic mass is 10.4. The van der Waals surface area contributed by atoms with Gasteiger partial charge in [0.05, 0.1) is 4.47 Å². The van der Waals surface area contributed by atoms with Crippen molar-refractivity contribution >= 4 is 55.3 Å². The molecule has 80 valence electrons. The summed E-state index contributed by atoms with van der Waals surface area (Å²) in [5.74, 6) is 0.366. The monoisotopic (exact) mass is 353 g/mol. The molecule has 2 heterocycles. The summed E-state index contributed by atoms with van der Waals surface area (Å²) in [6, 6.07) is 0. The number of aromatic nitrogens is 2. The number of halogens is 3. The summed E-state index contributed by atoms with van der Waals surface area (Å²) in [6.07, 6.45) is 2.01. The fourth-order valence-electron chi connectivity index (χ4n) is 1.33. The highest BCUT2D eigenvalue weighted by molar-refractivity contribution is 9.10. The highest BCUT2D eigenvalue weighted by Gasteiger charge is 2.30. The van der Waals surface area contributed by atoms with Crippen LogP contribution in [0.2, 0.25) is 5.15 Å². The van der Waals surface area contributed by atoms with E-state index in [1.807, 2.05) is 0 Å². The molecule has 1 aromatic heterocycles. The van der Waals surface area contributed by atoms with Crippen LogP contribution in [0.5, 0.6) is 0 Å². The zero-order valence-corrected chi connectivity index (χ0v) is 11.4. The summed E-state index contributed by atoms with van der Waals surface area (Å²) < 4.78 is 0.620. The molecule has 4 nitrogen and oxygen atoms in total. The van der Waals surface area contributed by atoms with Gasteiger partial charge >= 0.3 is 0 Å². The third kappa shape index (κ3) is 2.32. The van der Waals surface area contributed by atoms with Crippen molar-refractivity contribution in [1.82, 2.24) is 9.97 Å². The Morgan fingerprint density at radius 2 is 2.33 bits per heavy atom. The van der Waals surface area contributed by atoms with Gasteiger partial charge in [0, 0.05) is 24.0 Å². The van der Waals surface area contributed by atoms with Crippen LogP contribution >= 0.6 is 43.5 Å². The molecule has 0 N–H and O–H groups in total. The van der Waals surface area contributed by atoms with Crippen molar-refractivity contribution in [2.75, 3.05) is 11.4 Å². The first kappa shape index (κ1) is 11.3. The van der Waals surface area contributed by atoms with E-state index >= 15 is 0 Å². The van der Waals surface area contributed by atoms with Crippen LogP contribution in [-0.4, -0.2) is 27.2 Å². The molecule has 0 bridgehead atoms. The van der Waals surface area contributed by atoms with Gasteiger partial charge in [-0.2, -0.15) is 4.98 Å². The van der Waals surface area contributed by atoms with E-state index in [1.165, 1.54) is 4.90 Å². The van der Waals surface area contributed by atoms with Crippen LogP contribution in [0.15, 0.2) is 10.7 Å². The van der Waals surface area contributed by atoms with Gasteiger partial charge in [-0.25, -0.2) is 4.98 Å². The SMILES string of the molecule is O=C1CC(Br)CN1c1ncc(Br)c(Cl)n1. The van der Waals surface area contributed by atoms with Crippen molar-refractivity contribution in [2.45, 2.75) is 11.2 Å². The van der Waals surface area contributed by atoms with Gasteiger partial charge in [-0.3, -0.25) is 9.69 Å². The minimum atomic E-state index is 0.00950. The molecule has 0 aliphatic carbocycles. The molecule has 1 fully saturated rings. The highest BCUT2D eigenvalue weighted by Crippen LogP contribution is 2.25. The molecule has 15 heavy (non-hydrogen) atoms. The smallest absolute Gasteiger partial charge is 0.233 e. The van der Waals surface area contributed by atoms with Crippen molar-refractivity contribution in [2.24, 2.45) is 0 Å². The molecule has 1 aliphatic heterocycles. The third-order valence-electron chi connectivity index (χ3n) is 2.01. The molecular weight excluding hydrogens is 349 g/mol. The molecule has 0 saturated carbocycles. The Bertz CT molecular complexity index is 415. The van der Waals surface area contributed by atoms with E-state index in [-0.39, 0.29) is 10.7 Å². The molecule has 1 saturated heterocycles. The van der Waals surface area contributed by atoms with E-state index in [4.69, 9.17) is 11.6 Å². The summed E-state index contributed by atoms with van der Waals surface area (Å²) in [4.78, 5) is 21.3. The maximum atomic E-state index is 11.5. The molecule has 1 atom stereocenters. The second kappa shape index (κ2) is 4.35. The Morgan fingerprint density at radius 1 is 1.60 bits per heavy atom. The van der Waals surface area contributed by atoms with Crippen LogP contribution in [0.1, 0.15) is 6.42 Å². The Kier molecular flexibility index (Phi) is 3.27. The van der Waals surface area contributed by atoms with Crippen molar-refractivity contribution in [3.63, 3.8) is 0 Å². The Labute approximate surface area is 108 Å². The summed E-state index contributed by atoms with van der Waals surface area (Å²) in [6.45, 7) is 0.580. The van der Waals surface area contributed by atoms with Crippen LogP contribution in [0.25, 0.3) is 0 Å². The Morgan fingerprint density at radius 3 is 2.87 bits per heavy atom. The van der Waals surface area contributed by atoms with Gasteiger partial charge in [0.15, 0.2) is 0 Å². The van der Waals surface area contributed by atoms with Crippen LogP contribution in [-0.2, 0) is 4.79 Å². The zero-order chi connectivity index (χ0) is 11.0. The normalized spacial score (nSPS) is 21.1. The first-order chi connectivity index (χ1) is 7.08. The number of carbonyl (C=O) groups excluding carboxylic acids is 1. The highest BCUT2D eigenvalue weighted by atomic mass is 79.9. The Balaban J connectivity index is 2.30. The van der Waals surface area contributed by atoms with Gasteiger partial charge in [-0.15, -0.1) is 0 Å². The molecule has 7 heteroatoms. The third-order valence-corrected chi connectivity index (χ3v) is 3.72. The van der Waals surface area contributed by atoms with Gasteiger partial charge in [0.25, 0.3) is 0 Å². The van der Waals surface area contributed by atoms with E-state index in [0.29, 0.717) is 28.5 Å². The molecule has 1 unspecified atom stereocenters. The standard InChI is InChI=1S/C8H6Br2ClN3O/c9-4-1-6(15)14(3-4)8-12-2-5(10)7(11)13-8/h2,4H,1,3H2. The van der Waals surface area contributed by atoms with Crippen LogP contribution in [0.4, 0.5) is 5.95 Å². The molecule has 1 aliphatic rings. The fourth-order valence-corrected chi connectivity index (χ4v) is 2.21. The van der Waals surface area contributed by atoms with Crippen molar-refractivity contribution < 1.29 is 4.79 Å².